The zero-order valence-corrected chi connectivity index (χ0v) is 32.0. The Morgan fingerprint density at radius 1 is 0.431 bits per heavy atom. The maximum absolute atomic E-state index is 13.3. The van der Waals surface area contributed by atoms with Crippen LogP contribution < -0.4 is 11.3 Å². The van der Waals surface area contributed by atoms with Gasteiger partial charge in [0.25, 0.3) is 0 Å². The molecule has 0 saturated heterocycles. The second kappa shape index (κ2) is 13.5. The molecule has 0 radical (unpaired) electrons. The summed E-state index contributed by atoms with van der Waals surface area (Å²) >= 11 is 1.47. The topological polar surface area (TPSA) is 86.7 Å². The van der Waals surface area contributed by atoms with Crippen molar-refractivity contribution < 1.29 is 17.7 Å². The van der Waals surface area contributed by atoms with Gasteiger partial charge in [0.1, 0.15) is 22.7 Å². The predicted molar refractivity (Wildman–Crippen MR) is 235 cm³/mol. The summed E-state index contributed by atoms with van der Waals surface area (Å²) < 4.78 is 24.3. The van der Waals surface area contributed by atoms with E-state index in [1.54, 1.807) is 0 Å². The van der Waals surface area contributed by atoms with Gasteiger partial charge in [-0.15, -0.1) is 11.3 Å². The molecule has 0 unspecified atom stereocenters. The minimum absolute atomic E-state index is 0.376. The number of hydrogen-bond acceptors (Lipinski definition) is 7. The molecule has 0 saturated carbocycles. The molecule has 7 heteroatoms. The third kappa shape index (κ3) is 5.87. The van der Waals surface area contributed by atoms with Gasteiger partial charge < -0.3 is 17.7 Å². The van der Waals surface area contributed by atoms with E-state index < -0.39 is 5.63 Å². The number of benzene rings is 6. The Hall–Kier alpha value is -7.22. The Bertz CT molecular complexity index is 3540. The lowest BCUT2D eigenvalue weighted by atomic mass is 9.99. The fourth-order valence-corrected chi connectivity index (χ4v) is 9.01. The summed E-state index contributed by atoms with van der Waals surface area (Å²) in [4.78, 5) is 28.2. The molecular weight excluding hydrogens is 741 g/mol. The van der Waals surface area contributed by atoms with Crippen LogP contribution in [0.3, 0.4) is 0 Å². The molecule has 5 aromatic heterocycles. The Labute approximate surface area is 334 Å². The largest absolute Gasteiger partial charge is 0.453 e. The van der Waals surface area contributed by atoms with Gasteiger partial charge in [-0.2, -0.15) is 0 Å². The van der Waals surface area contributed by atoms with E-state index in [4.69, 9.17) is 17.7 Å². The van der Waals surface area contributed by atoms with Crippen molar-refractivity contribution in [1.82, 2.24) is 0 Å². The predicted octanol–water partition coefficient (Wildman–Crippen LogP) is 13.9. The highest BCUT2D eigenvalue weighted by molar-refractivity contribution is 7.18. The van der Waals surface area contributed by atoms with Crippen LogP contribution in [0.15, 0.2) is 179 Å². The van der Waals surface area contributed by atoms with Gasteiger partial charge in [-0.05, 0) is 135 Å². The van der Waals surface area contributed by atoms with Crippen LogP contribution in [0.1, 0.15) is 18.9 Å². The summed E-state index contributed by atoms with van der Waals surface area (Å²) in [5.41, 5.74) is 4.17. The molecule has 6 aromatic carbocycles. The molecule has 0 fully saturated rings. The number of fused-ring (bicyclic) bond motifs is 6. The van der Waals surface area contributed by atoms with Gasteiger partial charge in [-0.25, -0.2) is 9.59 Å². The van der Waals surface area contributed by atoms with Crippen LogP contribution in [0, 0.1) is 0 Å². The average molecular weight is 773 g/mol. The van der Waals surface area contributed by atoms with Crippen molar-refractivity contribution in [1.29, 1.82) is 0 Å². The minimum atomic E-state index is -0.402. The molecule has 0 spiro atoms. The SMILES string of the molecule is CCCc1ccc2c(ccc3oc(=O)c(-c4ccc(-c5ccc(-c6ccc(-c7cccc(-c8cc9cc%10cc%11ccccc%11cc%10cc9oc8=O)c7)o6)o5)s4)cc32)c1. The lowest BCUT2D eigenvalue weighted by Crippen LogP contribution is -2.02. The van der Waals surface area contributed by atoms with Crippen LogP contribution in [0.5, 0.6) is 0 Å². The maximum Gasteiger partial charge on any atom is 0.345 e. The van der Waals surface area contributed by atoms with Gasteiger partial charge in [-0.1, -0.05) is 80.1 Å². The van der Waals surface area contributed by atoms with Gasteiger partial charge >= 0.3 is 11.3 Å². The molecule has 278 valence electrons. The first-order valence-corrected chi connectivity index (χ1v) is 20.1. The van der Waals surface area contributed by atoms with E-state index in [-0.39, 0.29) is 5.63 Å². The summed E-state index contributed by atoms with van der Waals surface area (Å²) in [5, 5.41) is 8.34. The van der Waals surface area contributed by atoms with E-state index in [0.717, 1.165) is 76.8 Å². The van der Waals surface area contributed by atoms with Gasteiger partial charge in [-0.3, -0.25) is 0 Å². The fourth-order valence-electron chi connectivity index (χ4n) is 8.04. The van der Waals surface area contributed by atoms with Crippen molar-refractivity contribution in [2.24, 2.45) is 0 Å². The standard InChI is InChI=1S/C51H32O6S/c1-2-6-29-11-13-38-33(21-29)12-14-43-40(38)28-41(51(53)56-43)48-19-20-49(58-48)46-18-17-45(55-46)44-16-15-42(54-44)34-10-5-9-32(24-34)39-26-37-25-35-22-30-7-3-4-8-31(30)23-36(35)27-47(37)57-50(39)52/h3-5,7-28H,2,6H2,1H3. The highest BCUT2D eigenvalue weighted by Crippen LogP contribution is 2.39. The zero-order chi connectivity index (χ0) is 38.9. The van der Waals surface area contributed by atoms with Gasteiger partial charge in [0.05, 0.1) is 16.0 Å². The Kier molecular flexibility index (Phi) is 7.91. The summed E-state index contributed by atoms with van der Waals surface area (Å²) in [6, 6.07) is 49.9. The first kappa shape index (κ1) is 34.1. The van der Waals surface area contributed by atoms with E-state index in [2.05, 4.69) is 55.5 Å². The molecule has 0 aliphatic carbocycles. The molecule has 0 atom stereocenters. The van der Waals surface area contributed by atoms with Crippen molar-refractivity contribution in [3.8, 4) is 55.0 Å². The Morgan fingerprint density at radius 3 is 1.95 bits per heavy atom. The molecular formula is C51H32O6S. The second-order valence-electron chi connectivity index (χ2n) is 14.7. The average Bonchev–Trinajstić information content (AvgIpc) is 4.04. The highest BCUT2D eigenvalue weighted by atomic mass is 32.1. The monoisotopic (exact) mass is 772 g/mol. The van der Waals surface area contributed by atoms with Crippen LogP contribution in [0.25, 0.3) is 109 Å². The lowest BCUT2D eigenvalue weighted by molar-refractivity contribution is 0.539. The summed E-state index contributed by atoms with van der Waals surface area (Å²) in [6.45, 7) is 2.18. The molecule has 5 heterocycles. The summed E-state index contributed by atoms with van der Waals surface area (Å²) in [5.74, 6) is 2.43. The molecule has 0 aliphatic heterocycles. The number of furan rings is 2. The quantitative estimate of drug-likeness (QED) is 0.0911. The Morgan fingerprint density at radius 2 is 1.12 bits per heavy atom. The second-order valence-corrected chi connectivity index (χ2v) is 15.8. The van der Waals surface area contributed by atoms with E-state index in [1.165, 1.54) is 16.9 Å². The maximum atomic E-state index is 13.3. The van der Waals surface area contributed by atoms with Gasteiger partial charge in [0.15, 0.2) is 11.5 Å². The number of aryl methyl sites for hydroxylation is 1. The number of rotatable bonds is 7. The zero-order valence-electron chi connectivity index (χ0n) is 31.2. The Balaban J connectivity index is 0.870. The van der Waals surface area contributed by atoms with E-state index in [9.17, 15) is 9.59 Å². The highest BCUT2D eigenvalue weighted by Gasteiger charge is 2.18. The number of thiophene rings is 1. The molecule has 0 bridgehead atoms. The van der Waals surface area contributed by atoms with Crippen molar-refractivity contribution in [2.45, 2.75) is 19.8 Å². The lowest BCUT2D eigenvalue weighted by Gasteiger charge is -2.07. The third-order valence-electron chi connectivity index (χ3n) is 10.9. The van der Waals surface area contributed by atoms with Crippen LogP contribution in [0.4, 0.5) is 0 Å². The van der Waals surface area contributed by atoms with Crippen LogP contribution in [-0.4, -0.2) is 0 Å². The molecule has 6 nitrogen and oxygen atoms in total. The van der Waals surface area contributed by atoms with Crippen molar-refractivity contribution >= 4 is 65.6 Å². The number of hydrogen-bond donors (Lipinski definition) is 0. The summed E-state index contributed by atoms with van der Waals surface area (Å²) in [7, 11) is 0. The smallest absolute Gasteiger partial charge is 0.345 e. The van der Waals surface area contributed by atoms with Crippen LogP contribution in [0.2, 0.25) is 0 Å². The normalized spacial score (nSPS) is 11.8. The van der Waals surface area contributed by atoms with Crippen LogP contribution >= 0.6 is 11.3 Å². The van der Waals surface area contributed by atoms with Gasteiger partial charge in [0.2, 0.25) is 0 Å². The van der Waals surface area contributed by atoms with Crippen molar-refractivity contribution in [2.75, 3.05) is 0 Å². The summed E-state index contributed by atoms with van der Waals surface area (Å²) in [6.07, 6.45) is 2.11. The molecule has 11 rings (SSSR count). The molecule has 0 aliphatic rings. The van der Waals surface area contributed by atoms with Crippen molar-refractivity contribution in [3.63, 3.8) is 0 Å². The fraction of sp³-hybridized carbons (Fsp3) is 0.0588. The van der Waals surface area contributed by atoms with Gasteiger partial charge in [0, 0.05) is 21.2 Å². The molecule has 0 amide bonds. The van der Waals surface area contributed by atoms with Crippen molar-refractivity contribution in [3.05, 3.63) is 178 Å². The molecule has 0 N–H and O–H groups in total. The molecule has 58 heavy (non-hydrogen) atoms. The minimum Gasteiger partial charge on any atom is -0.453 e. The van der Waals surface area contributed by atoms with Crippen LogP contribution in [-0.2, 0) is 6.42 Å². The molecule has 11 aromatic rings. The van der Waals surface area contributed by atoms with E-state index in [0.29, 0.717) is 45.3 Å². The first-order valence-electron chi connectivity index (χ1n) is 19.3. The third-order valence-corrected chi connectivity index (χ3v) is 12.1. The first-order chi connectivity index (χ1) is 28.4. The van der Waals surface area contributed by atoms with E-state index in [1.807, 2.05) is 103 Å². The van der Waals surface area contributed by atoms with E-state index >= 15 is 0 Å².